The quantitative estimate of drug-likeness (QED) is 0.668. The number of hydrogen-bond acceptors (Lipinski definition) is 5. The second-order valence-corrected chi connectivity index (χ2v) is 5.66. The summed E-state index contributed by atoms with van der Waals surface area (Å²) in [6.07, 6.45) is 5.03. The van der Waals surface area contributed by atoms with E-state index >= 15 is 0 Å². The van der Waals surface area contributed by atoms with Crippen LogP contribution in [0.3, 0.4) is 0 Å². The van der Waals surface area contributed by atoms with Crippen LogP contribution in [-0.2, 0) is 6.54 Å². The van der Waals surface area contributed by atoms with Crippen LogP contribution in [0, 0.1) is 11.6 Å². The Morgan fingerprint density at radius 3 is 2.92 bits per heavy atom. The van der Waals surface area contributed by atoms with E-state index in [1.807, 2.05) is 12.1 Å². The first-order valence-electron chi connectivity index (χ1n) is 7.78. The molecule has 0 fully saturated rings. The van der Waals surface area contributed by atoms with Gasteiger partial charge in [0.05, 0.1) is 0 Å². The first-order valence-corrected chi connectivity index (χ1v) is 7.78. The number of rotatable bonds is 4. The third kappa shape index (κ3) is 3.04. The molecule has 130 valence electrons. The number of hydrogen-bond donors (Lipinski definition) is 3. The molecular formula is C18H13F2N5O. The highest BCUT2D eigenvalue weighted by atomic mass is 19.2. The standard InChI is InChI=1S/C18H13F2N5O/c19-13-4-3-10(6-14(13)20)8-23-18-24-15(17(26)25-18)7-11-9-22-16-12(11)2-1-5-21-16/h1-7,9,26H,8H2,(H2,23,24,25)/b11-7+. The van der Waals surface area contributed by atoms with Gasteiger partial charge in [-0.15, -0.1) is 0 Å². The smallest absolute Gasteiger partial charge is 0.238 e. The average Bonchev–Trinajstić information content (AvgIpc) is 3.20. The van der Waals surface area contributed by atoms with Gasteiger partial charge in [0.25, 0.3) is 0 Å². The van der Waals surface area contributed by atoms with Gasteiger partial charge in [-0.25, -0.2) is 18.8 Å². The predicted molar refractivity (Wildman–Crippen MR) is 94.2 cm³/mol. The molecule has 0 spiro atoms. The van der Waals surface area contributed by atoms with Gasteiger partial charge < -0.3 is 15.4 Å². The SMILES string of the molecule is Oc1nc(NCc2ccc(F)c(F)c2)[nH]c1/C=C1\C=Nc2ncccc21. The van der Waals surface area contributed by atoms with Crippen LogP contribution in [0.1, 0.15) is 16.8 Å². The molecule has 8 heteroatoms. The highest BCUT2D eigenvalue weighted by Crippen LogP contribution is 2.31. The maximum Gasteiger partial charge on any atom is 0.238 e. The Morgan fingerprint density at radius 1 is 1.19 bits per heavy atom. The number of benzene rings is 1. The minimum absolute atomic E-state index is 0.184. The normalized spacial score (nSPS) is 14.0. The fourth-order valence-electron chi connectivity index (χ4n) is 2.59. The van der Waals surface area contributed by atoms with Crippen LogP contribution >= 0.6 is 0 Å². The molecule has 6 nitrogen and oxygen atoms in total. The second kappa shape index (κ2) is 6.40. The lowest BCUT2D eigenvalue weighted by Gasteiger charge is -2.03. The Hall–Kier alpha value is -3.55. The summed E-state index contributed by atoms with van der Waals surface area (Å²) in [5, 5.41) is 12.9. The molecule has 3 N–H and O–H groups in total. The zero-order chi connectivity index (χ0) is 18.1. The number of fused-ring (bicyclic) bond motifs is 1. The molecule has 3 heterocycles. The number of aliphatic imine (C=N–C) groups is 1. The van der Waals surface area contributed by atoms with Crippen molar-refractivity contribution in [1.29, 1.82) is 0 Å². The van der Waals surface area contributed by atoms with E-state index in [1.165, 1.54) is 6.07 Å². The monoisotopic (exact) mass is 353 g/mol. The number of aromatic nitrogens is 3. The van der Waals surface area contributed by atoms with Crippen LogP contribution in [0.4, 0.5) is 20.5 Å². The summed E-state index contributed by atoms with van der Waals surface area (Å²) in [4.78, 5) is 15.3. The lowest BCUT2D eigenvalue weighted by Crippen LogP contribution is -2.01. The summed E-state index contributed by atoms with van der Waals surface area (Å²) < 4.78 is 26.2. The molecule has 26 heavy (non-hydrogen) atoms. The molecule has 0 amide bonds. The Labute approximate surface area is 147 Å². The summed E-state index contributed by atoms with van der Waals surface area (Å²) in [6, 6.07) is 7.33. The number of halogens is 2. The van der Waals surface area contributed by atoms with Crippen molar-refractivity contribution in [3.05, 3.63) is 65.0 Å². The molecule has 0 radical (unpaired) electrons. The highest BCUT2D eigenvalue weighted by molar-refractivity contribution is 6.20. The number of anilines is 1. The van der Waals surface area contributed by atoms with Crippen LogP contribution in [0.25, 0.3) is 11.6 Å². The average molecular weight is 353 g/mol. The van der Waals surface area contributed by atoms with Gasteiger partial charge in [0.1, 0.15) is 5.69 Å². The Bertz CT molecular complexity index is 1040. The number of aromatic amines is 1. The topological polar surface area (TPSA) is 86.2 Å². The molecule has 0 bridgehead atoms. The molecule has 0 saturated heterocycles. The predicted octanol–water partition coefficient (Wildman–Crippen LogP) is 3.66. The molecule has 3 aromatic rings. The van der Waals surface area contributed by atoms with Gasteiger partial charge in [-0.1, -0.05) is 6.07 Å². The number of allylic oxidation sites excluding steroid dienone is 1. The van der Waals surface area contributed by atoms with Crippen molar-refractivity contribution < 1.29 is 13.9 Å². The Balaban J connectivity index is 1.52. The van der Waals surface area contributed by atoms with Crippen molar-refractivity contribution in [3.8, 4) is 5.88 Å². The van der Waals surface area contributed by atoms with Crippen LogP contribution < -0.4 is 5.32 Å². The number of imidazole rings is 1. The van der Waals surface area contributed by atoms with E-state index in [9.17, 15) is 13.9 Å². The number of H-pyrrole nitrogens is 1. The zero-order valence-electron chi connectivity index (χ0n) is 13.4. The van der Waals surface area contributed by atoms with Gasteiger partial charge in [0.15, 0.2) is 17.5 Å². The molecule has 0 unspecified atom stereocenters. The first-order chi connectivity index (χ1) is 12.6. The Morgan fingerprint density at radius 2 is 2.08 bits per heavy atom. The summed E-state index contributed by atoms with van der Waals surface area (Å²) in [5.74, 6) is -1.07. The van der Waals surface area contributed by atoms with Crippen molar-refractivity contribution in [3.63, 3.8) is 0 Å². The van der Waals surface area contributed by atoms with Crippen LogP contribution in [0.5, 0.6) is 5.88 Å². The molecule has 1 aromatic carbocycles. The molecule has 1 aliphatic heterocycles. The minimum atomic E-state index is -0.912. The van der Waals surface area contributed by atoms with E-state index in [4.69, 9.17) is 0 Å². The highest BCUT2D eigenvalue weighted by Gasteiger charge is 2.15. The van der Waals surface area contributed by atoms with Crippen molar-refractivity contribution in [2.24, 2.45) is 4.99 Å². The van der Waals surface area contributed by atoms with E-state index in [0.717, 1.165) is 23.3 Å². The molecule has 1 aliphatic rings. The maximum atomic E-state index is 13.2. The van der Waals surface area contributed by atoms with Gasteiger partial charge in [-0.2, -0.15) is 4.98 Å². The van der Waals surface area contributed by atoms with Gasteiger partial charge in [-0.3, -0.25) is 0 Å². The van der Waals surface area contributed by atoms with E-state index in [1.54, 1.807) is 18.5 Å². The Kier molecular flexibility index (Phi) is 3.92. The third-order valence-corrected chi connectivity index (χ3v) is 3.88. The zero-order valence-corrected chi connectivity index (χ0v) is 13.4. The van der Waals surface area contributed by atoms with Gasteiger partial charge >= 0.3 is 0 Å². The van der Waals surface area contributed by atoms with Crippen LogP contribution in [0.2, 0.25) is 0 Å². The fourth-order valence-corrected chi connectivity index (χ4v) is 2.59. The minimum Gasteiger partial charge on any atom is -0.492 e. The summed E-state index contributed by atoms with van der Waals surface area (Å²) in [5.41, 5.74) is 2.59. The van der Waals surface area contributed by atoms with E-state index in [-0.39, 0.29) is 12.4 Å². The molecule has 4 rings (SSSR count). The van der Waals surface area contributed by atoms with E-state index < -0.39 is 11.6 Å². The molecule has 0 atom stereocenters. The molecular weight excluding hydrogens is 340 g/mol. The second-order valence-electron chi connectivity index (χ2n) is 5.66. The van der Waals surface area contributed by atoms with E-state index in [0.29, 0.717) is 23.0 Å². The molecule has 0 aliphatic carbocycles. The molecule has 0 saturated carbocycles. The van der Waals surface area contributed by atoms with Crippen molar-refractivity contribution in [1.82, 2.24) is 15.0 Å². The van der Waals surface area contributed by atoms with Gasteiger partial charge in [-0.05, 0) is 35.9 Å². The largest absolute Gasteiger partial charge is 0.492 e. The van der Waals surface area contributed by atoms with E-state index in [2.05, 4.69) is 25.3 Å². The van der Waals surface area contributed by atoms with Gasteiger partial charge in [0.2, 0.25) is 11.8 Å². The first kappa shape index (κ1) is 15.9. The number of pyridine rings is 1. The number of nitrogens with one attached hydrogen (secondary N) is 2. The maximum absolute atomic E-state index is 13.2. The van der Waals surface area contributed by atoms with Crippen LogP contribution in [-0.4, -0.2) is 26.3 Å². The number of nitrogens with zero attached hydrogens (tertiary/aromatic N) is 3. The van der Waals surface area contributed by atoms with Crippen molar-refractivity contribution in [2.75, 3.05) is 5.32 Å². The summed E-state index contributed by atoms with van der Waals surface area (Å²) >= 11 is 0. The third-order valence-electron chi connectivity index (χ3n) is 3.88. The fraction of sp³-hybridized carbons (Fsp3) is 0.0556. The number of aromatic hydroxyl groups is 1. The molecule has 2 aromatic heterocycles. The van der Waals surface area contributed by atoms with Crippen LogP contribution in [0.15, 0.2) is 41.5 Å². The van der Waals surface area contributed by atoms with Gasteiger partial charge in [0, 0.05) is 30.1 Å². The summed E-state index contributed by atoms with van der Waals surface area (Å²) in [6.45, 7) is 0.217. The lowest BCUT2D eigenvalue weighted by molar-refractivity contribution is 0.455. The lowest BCUT2D eigenvalue weighted by atomic mass is 10.1. The summed E-state index contributed by atoms with van der Waals surface area (Å²) in [7, 11) is 0. The van der Waals surface area contributed by atoms with Crippen molar-refractivity contribution in [2.45, 2.75) is 6.54 Å². The van der Waals surface area contributed by atoms with Crippen molar-refractivity contribution >= 4 is 29.6 Å².